The maximum absolute atomic E-state index is 5.51. The van der Waals surface area contributed by atoms with Crippen molar-refractivity contribution in [2.45, 2.75) is 19.1 Å². The number of hydrogen-bond acceptors (Lipinski definition) is 4. The third-order valence-corrected chi connectivity index (χ3v) is 2.47. The van der Waals surface area contributed by atoms with E-state index in [1.165, 1.54) is 0 Å². The molecule has 0 radical (unpaired) electrons. The van der Waals surface area contributed by atoms with Gasteiger partial charge in [0.1, 0.15) is 0 Å². The van der Waals surface area contributed by atoms with Gasteiger partial charge in [-0.15, -0.1) is 0 Å². The summed E-state index contributed by atoms with van der Waals surface area (Å²) in [7, 11) is 3.23. The minimum atomic E-state index is -0.241. The van der Waals surface area contributed by atoms with Crippen molar-refractivity contribution in [3.05, 3.63) is 0 Å². The summed E-state index contributed by atoms with van der Waals surface area (Å²) >= 11 is 0. The van der Waals surface area contributed by atoms with Gasteiger partial charge < -0.3 is 18.9 Å². The highest BCUT2D eigenvalue weighted by Crippen LogP contribution is 2.14. The predicted octanol–water partition coefficient (Wildman–Crippen LogP) is 1.05. The van der Waals surface area contributed by atoms with E-state index in [1.54, 1.807) is 14.2 Å². The normalized spacial score (nSPS) is 19.1. The van der Waals surface area contributed by atoms with Crippen LogP contribution in [-0.4, -0.2) is 46.9 Å². The Balaban J connectivity index is 2.01. The van der Waals surface area contributed by atoms with E-state index in [0.717, 1.165) is 32.7 Å². The van der Waals surface area contributed by atoms with Gasteiger partial charge in [0.15, 0.2) is 6.29 Å². The molecule has 0 saturated carbocycles. The molecule has 0 N–H and O–H groups in total. The molecular formula is C10H20O4. The first kappa shape index (κ1) is 11.9. The van der Waals surface area contributed by atoms with Crippen molar-refractivity contribution in [2.24, 2.45) is 5.92 Å². The zero-order valence-corrected chi connectivity index (χ0v) is 9.03. The minimum absolute atomic E-state index is 0.241. The highest BCUT2D eigenvalue weighted by Gasteiger charge is 2.14. The predicted molar refractivity (Wildman–Crippen MR) is 52.2 cm³/mol. The second kappa shape index (κ2) is 7.17. The zero-order valence-electron chi connectivity index (χ0n) is 9.03. The first-order valence-electron chi connectivity index (χ1n) is 5.08. The Morgan fingerprint density at radius 2 is 1.86 bits per heavy atom. The van der Waals surface area contributed by atoms with Gasteiger partial charge in [-0.1, -0.05) is 0 Å². The van der Waals surface area contributed by atoms with Crippen LogP contribution in [0.2, 0.25) is 0 Å². The van der Waals surface area contributed by atoms with Crippen molar-refractivity contribution in [1.82, 2.24) is 0 Å². The molecule has 1 heterocycles. The Hall–Kier alpha value is -0.160. The largest absolute Gasteiger partial charge is 0.381 e. The second-order valence-electron chi connectivity index (χ2n) is 3.49. The Morgan fingerprint density at radius 3 is 2.43 bits per heavy atom. The van der Waals surface area contributed by atoms with Crippen molar-refractivity contribution >= 4 is 0 Å². The summed E-state index contributed by atoms with van der Waals surface area (Å²) < 4.78 is 20.8. The van der Waals surface area contributed by atoms with Crippen LogP contribution >= 0.6 is 0 Å². The van der Waals surface area contributed by atoms with Crippen molar-refractivity contribution in [3.8, 4) is 0 Å². The van der Waals surface area contributed by atoms with Gasteiger partial charge >= 0.3 is 0 Å². The maximum atomic E-state index is 5.51. The van der Waals surface area contributed by atoms with Crippen LogP contribution in [0.3, 0.4) is 0 Å². The summed E-state index contributed by atoms with van der Waals surface area (Å²) in [5, 5.41) is 0. The van der Waals surface area contributed by atoms with E-state index in [2.05, 4.69) is 0 Å². The Bertz CT molecular complexity index is 130. The SMILES string of the molecule is COC(COCC1CCOCC1)OC. The smallest absolute Gasteiger partial charge is 0.180 e. The third kappa shape index (κ3) is 4.37. The van der Waals surface area contributed by atoms with Crippen LogP contribution < -0.4 is 0 Å². The molecule has 0 aromatic carbocycles. The molecule has 0 aromatic heterocycles. The molecule has 0 unspecified atom stereocenters. The Labute approximate surface area is 85.5 Å². The molecule has 0 bridgehead atoms. The van der Waals surface area contributed by atoms with E-state index in [0.29, 0.717) is 12.5 Å². The molecule has 1 saturated heterocycles. The van der Waals surface area contributed by atoms with E-state index >= 15 is 0 Å². The number of rotatable bonds is 6. The van der Waals surface area contributed by atoms with Gasteiger partial charge in [-0.3, -0.25) is 0 Å². The maximum Gasteiger partial charge on any atom is 0.180 e. The molecule has 1 aliphatic heterocycles. The lowest BCUT2D eigenvalue weighted by Gasteiger charge is -2.22. The molecule has 1 aliphatic rings. The van der Waals surface area contributed by atoms with Crippen LogP contribution in [0.15, 0.2) is 0 Å². The summed E-state index contributed by atoms with van der Waals surface area (Å²) in [5.41, 5.74) is 0. The van der Waals surface area contributed by atoms with Crippen LogP contribution in [-0.2, 0) is 18.9 Å². The molecule has 0 atom stereocenters. The monoisotopic (exact) mass is 204 g/mol. The van der Waals surface area contributed by atoms with Gasteiger partial charge in [-0.25, -0.2) is 0 Å². The standard InChI is InChI=1S/C10H20O4/c1-11-10(12-2)8-14-7-9-3-5-13-6-4-9/h9-10H,3-8H2,1-2H3. The lowest BCUT2D eigenvalue weighted by molar-refractivity contribution is -0.144. The molecule has 0 aliphatic carbocycles. The minimum Gasteiger partial charge on any atom is -0.381 e. The van der Waals surface area contributed by atoms with E-state index in [1.807, 2.05) is 0 Å². The van der Waals surface area contributed by atoms with Crippen molar-refractivity contribution < 1.29 is 18.9 Å². The average Bonchev–Trinajstić information content (AvgIpc) is 2.26. The fourth-order valence-electron chi connectivity index (χ4n) is 1.48. The van der Waals surface area contributed by atoms with E-state index in [-0.39, 0.29) is 6.29 Å². The van der Waals surface area contributed by atoms with Crippen LogP contribution in [0, 0.1) is 5.92 Å². The van der Waals surface area contributed by atoms with Gasteiger partial charge in [0.05, 0.1) is 6.61 Å². The zero-order chi connectivity index (χ0) is 10.2. The molecule has 0 spiro atoms. The van der Waals surface area contributed by atoms with Crippen molar-refractivity contribution in [2.75, 3.05) is 40.6 Å². The van der Waals surface area contributed by atoms with Gasteiger partial charge in [0.2, 0.25) is 0 Å². The van der Waals surface area contributed by atoms with E-state index in [4.69, 9.17) is 18.9 Å². The van der Waals surface area contributed by atoms with Gasteiger partial charge in [-0.05, 0) is 18.8 Å². The number of ether oxygens (including phenoxy) is 4. The number of methoxy groups -OCH3 is 2. The lowest BCUT2D eigenvalue weighted by Crippen LogP contribution is -2.25. The van der Waals surface area contributed by atoms with Crippen LogP contribution in [0.1, 0.15) is 12.8 Å². The molecular weight excluding hydrogens is 184 g/mol. The lowest BCUT2D eigenvalue weighted by atomic mass is 10.0. The molecule has 84 valence electrons. The van der Waals surface area contributed by atoms with Crippen LogP contribution in [0.5, 0.6) is 0 Å². The molecule has 14 heavy (non-hydrogen) atoms. The van der Waals surface area contributed by atoms with Crippen LogP contribution in [0.4, 0.5) is 0 Å². The van der Waals surface area contributed by atoms with Gasteiger partial charge in [-0.2, -0.15) is 0 Å². The van der Waals surface area contributed by atoms with Gasteiger partial charge in [0, 0.05) is 34.0 Å². The molecule has 1 rings (SSSR count). The highest BCUT2D eigenvalue weighted by molar-refractivity contribution is 4.62. The summed E-state index contributed by atoms with van der Waals surface area (Å²) in [6.07, 6.45) is 1.96. The molecule has 4 nitrogen and oxygen atoms in total. The first-order chi connectivity index (χ1) is 6.86. The average molecular weight is 204 g/mol. The third-order valence-electron chi connectivity index (χ3n) is 2.47. The fourth-order valence-corrected chi connectivity index (χ4v) is 1.48. The molecule has 1 fully saturated rings. The molecule has 0 amide bonds. The quantitative estimate of drug-likeness (QED) is 0.606. The summed E-state index contributed by atoms with van der Waals surface area (Å²) in [4.78, 5) is 0. The summed E-state index contributed by atoms with van der Waals surface area (Å²) in [6.45, 7) is 3.02. The second-order valence-corrected chi connectivity index (χ2v) is 3.49. The Morgan fingerprint density at radius 1 is 1.21 bits per heavy atom. The van der Waals surface area contributed by atoms with Crippen molar-refractivity contribution in [3.63, 3.8) is 0 Å². The highest BCUT2D eigenvalue weighted by atomic mass is 16.7. The summed E-state index contributed by atoms with van der Waals surface area (Å²) in [6, 6.07) is 0. The van der Waals surface area contributed by atoms with Crippen LogP contribution in [0.25, 0.3) is 0 Å². The number of hydrogen-bond donors (Lipinski definition) is 0. The fraction of sp³-hybridized carbons (Fsp3) is 1.00. The molecule has 4 heteroatoms. The van der Waals surface area contributed by atoms with E-state index in [9.17, 15) is 0 Å². The van der Waals surface area contributed by atoms with Crippen molar-refractivity contribution in [1.29, 1.82) is 0 Å². The first-order valence-corrected chi connectivity index (χ1v) is 5.08. The van der Waals surface area contributed by atoms with E-state index < -0.39 is 0 Å². The molecule has 0 aromatic rings. The Kier molecular flexibility index (Phi) is 6.10. The topological polar surface area (TPSA) is 36.9 Å². The summed E-state index contributed by atoms with van der Waals surface area (Å²) in [5.74, 6) is 0.637. The van der Waals surface area contributed by atoms with Gasteiger partial charge in [0.25, 0.3) is 0 Å².